The maximum Gasteiger partial charge on any atom is 0.344 e. The zero-order valence-corrected chi connectivity index (χ0v) is 13.7. The number of hydrogen-bond acceptors (Lipinski definition) is 6. The predicted octanol–water partition coefficient (Wildman–Crippen LogP) is 1.01. The molecule has 0 radical (unpaired) electrons. The molecule has 0 saturated carbocycles. The van der Waals surface area contributed by atoms with E-state index >= 15 is 0 Å². The molecule has 8 heteroatoms. The molecule has 0 amide bonds. The van der Waals surface area contributed by atoms with Crippen LogP contribution in [-0.4, -0.2) is 40.1 Å². The van der Waals surface area contributed by atoms with Crippen molar-refractivity contribution in [2.75, 3.05) is 13.7 Å². The van der Waals surface area contributed by atoms with Gasteiger partial charge in [0.15, 0.2) is 6.61 Å². The Morgan fingerprint density at radius 2 is 1.91 bits per heavy atom. The maximum atomic E-state index is 12.1. The summed E-state index contributed by atoms with van der Waals surface area (Å²) < 4.78 is 35.8. The summed E-state index contributed by atoms with van der Waals surface area (Å²) in [6, 6.07) is 3.85. The van der Waals surface area contributed by atoms with E-state index in [-0.39, 0.29) is 16.5 Å². The van der Waals surface area contributed by atoms with Gasteiger partial charge in [0.05, 0.1) is 17.6 Å². The maximum absolute atomic E-state index is 12.1. The Kier molecular flexibility index (Phi) is 6.07. The SMILES string of the molecule is COC(=O)COC(=O)c1cc(S(=O)(=O)NC(C)C)ccc1C. The highest BCUT2D eigenvalue weighted by molar-refractivity contribution is 7.89. The lowest BCUT2D eigenvalue weighted by Gasteiger charge is -2.12. The number of sulfonamides is 1. The molecule has 0 fully saturated rings. The summed E-state index contributed by atoms with van der Waals surface area (Å²) in [6.45, 7) is 4.49. The first-order valence-corrected chi connectivity index (χ1v) is 8.02. The van der Waals surface area contributed by atoms with Crippen LogP contribution in [0.1, 0.15) is 29.8 Å². The average molecular weight is 329 g/mol. The third-order valence-corrected chi connectivity index (χ3v) is 4.34. The largest absolute Gasteiger partial charge is 0.466 e. The summed E-state index contributed by atoms with van der Waals surface area (Å²) in [7, 11) is -2.54. The summed E-state index contributed by atoms with van der Waals surface area (Å²) in [5.41, 5.74) is 0.619. The predicted molar refractivity (Wildman–Crippen MR) is 78.9 cm³/mol. The van der Waals surface area contributed by atoms with Crippen LogP contribution in [0.15, 0.2) is 23.1 Å². The normalized spacial score (nSPS) is 11.3. The highest BCUT2D eigenvalue weighted by atomic mass is 32.2. The van der Waals surface area contributed by atoms with Crippen molar-refractivity contribution in [3.05, 3.63) is 29.3 Å². The number of ether oxygens (including phenoxy) is 2. The number of benzene rings is 1. The van der Waals surface area contributed by atoms with Crippen molar-refractivity contribution in [3.63, 3.8) is 0 Å². The molecule has 1 rings (SSSR count). The van der Waals surface area contributed by atoms with E-state index in [1.807, 2.05) is 0 Å². The number of esters is 2. The van der Waals surface area contributed by atoms with Crippen molar-refractivity contribution in [2.24, 2.45) is 0 Å². The zero-order chi connectivity index (χ0) is 16.9. The lowest BCUT2D eigenvalue weighted by atomic mass is 10.1. The number of methoxy groups -OCH3 is 1. The van der Waals surface area contributed by atoms with Gasteiger partial charge >= 0.3 is 11.9 Å². The van der Waals surface area contributed by atoms with Crippen LogP contribution in [0.4, 0.5) is 0 Å². The first-order valence-electron chi connectivity index (χ1n) is 6.54. The van der Waals surface area contributed by atoms with Gasteiger partial charge in [-0.25, -0.2) is 22.7 Å². The highest BCUT2D eigenvalue weighted by Crippen LogP contribution is 2.17. The van der Waals surface area contributed by atoms with Gasteiger partial charge in [-0.05, 0) is 38.5 Å². The number of rotatable bonds is 6. The van der Waals surface area contributed by atoms with Gasteiger partial charge in [-0.2, -0.15) is 0 Å². The molecule has 7 nitrogen and oxygen atoms in total. The van der Waals surface area contributed by atoms with E-state index in [4.69, 9.17) is 4.74 Å². The second-order valence-electron chi connectivity index (χ2n) is 4.90. The minimum Gasteiger partial charge on any atom is -0.466 e. The summed E-state index contributed by atoms with van der Waals surface area (Å²) in [5.74, 6) is -1.49. The molecule has 0 bridgehead atoms. The van der Waals surface area contributed by atoms with Crippen molar-refractivity contribution >= 4 is 22.0 Å². The van der Waals surface area contributed by atoms with E-state index < -0.39 is 28.6 Å². The Balaban J connectivity index is 3.04. The van der Waals surface area contributed by atoms with Gasteiger partial charge < -0.3 is 9.47 Å². The second-order valence-corrected chi connectivity index (χ2v) is 6.62. The van der Waals surface area contributed by atoms with Gasteiger partial charge in [0.25, 0.3) is 0 Å². The number of nitrogens with one attached hydrogen (secondary N) is 1. The Morgan fingerprint density at radius 3 is 2.45 bits per heavy atom. The number of carbonyl (C=O) groups is 2. The molecule has 22 heavy (non-hydrogen) atoms. The van der Waals surface area contributed by atoms with Crippen LogP contribution in [0.2, 0.25) is 0 Å². The van der Waals surface area contributed by atoms with Crippen LogP contribution in [-0.2, 0) is 24.3 Å². The lowest BCUT2D eigenvalue weighted by molar-refractivity contribution is -0.144. The molecule has 1 N–H and O–H groups in total. The number of carbonyl (C=O) groups excluding carboxylic acids is 2. The third-order valence-electron chi connectivity index (χ3n) is 2.68. The van der Waals surface area contributed by atoms with Crippen LogP contribution in [0.25, 0.3) is 0 Å². The van der Waals surface area contributed by atoms with Gasteiger partial charge in [-0.15, -0.1) is 0 Å². The molecule has 0 spiro atoms. The van der Waals surface area contributed by atoms with E-state index in [0.29, 0.717) is 5.56 Å². The molecule has 1 aromatic rings. The Hall–Kier alpha value is -1.93. The average Bonchev–Trinajstić information content (AvgIpc) is 2.43. The molecule has 0 atom stereocenters. The van der Waals surface area contributed by atoms with Crippen LogP contribution in [0.5, 0.6) is 0 Å². The minimum atomic E-state index is -3.72. The smallest absolute Gasteiger partial charge is 0.344 e. The van der Waals surface area contributed by atoms with Crippen molar-refractivity contribution in [2.45, 2.75) is 31.7 Å². The second kappa shape index (κ2) is 7.37. The van der Waals surface area contributed by atoms with Crippen molar-refractivity contribution in [1.29, 1.82) is 0 Å². The zero-order valence-electron chi connectivity index (χ0n) is 12.9. The Labute approximate surface area is 129 Å². The monoisotopic (exact) mass is 329 g/mol. The topological polar surface area (TPSA) is 98.8 Å². The van der Waals surface area contributed by atoms with Crippen LogP contribution in [0.3, 0.4) is 0 Å². The molecule has 1 aromatic carbocycles. The summed E-state index contributed by atoms with van der Waals surface area (Å²) >= 11 is 0. The van der Waals surface area contributed by atoms with Gasteiger partial charge in [0.1, 0.15) is 0 Å². The molecule has 0 unspecified atom stereocenters. The Morgan fingerprint density at radius 1 is 1.27 bits per heavy atom. The van der Waals surface area contributed by atoms with E-state index in [1.165, 1.54) is 25.3 Å². The molecule has 0 aliphatic rings. The summed E-state index contributed by atoms with van der Waals surface area (Å²) in [4.78, 5) is 22.9. The van der Waals surface area contributed by atoms with Gasteiger partial charge in [-0.3, -0.25) is 0 Å². The Bertz CT molecular complexity index is 666. The van der Waals surface area contributed by atoms with Crippen LogP contribution in [0, 0.1) is 6.92 Å². The molecule has 0 aliphatic heterocycles. The van der Waals surface area contributed by atoms with Crippen molar-refractivity contribution in [3.8, 4) is 0 Å². The van der Waals surface area contributed by atoms with E-state index in [2.05, 4.69) is 9.46 Å². The highest BCUT2D eigenvalue weighted by Gasteiger charge is 2.20. The minimum absolute atomic E-state index is 0.0446. The van der Waals surface area contributed by atoms with Gasteiger partial charge in [-0.1, -0.05) is 6.07 Å². The van der Waals surface area contributed by atoms with Crippen molar-refractivity contribution < 1.29 is 27.5 Å². The number of aryl methyl sites for hydroxylation is 1. The first-order chi connectivity index (χ1) is 10.2. The van der Waals surface area contributed by atoms with E-state index in [9.17, 15) is 18.0 Å². The fraction of sp³-hybridized carbons (Fsp3) is 0.429. The van der Waals surface area contributed by atoms with E-state index in [0.717, 1.165) is 0 Å². The standard InChI is InChI=1S/C14H19NO6S/c1-9(2)15-22(18,19)11-6-5-10(3)12(7-11)14(17)21-8-13(16)20-4/h5-7,9,15H,8H2,1-4H3. The molecule has 0 aromatic heterocycles. The fourth-order valence-corrected chi connectivity index (χ4v) is 2.90. The van der Waals surface area contributed by atoms with Crippen LogP contribution >= 0.6 is 0 Å². The third kappa shape index (κ3) is 4.81. The lowest BCUT2D eigenvalue weighted by Crippen LogP contribution is -2.30. The number of hydrogen-bond donors (Lipinski definition) is 1. The van der Waals surface area contributed by atoms with E-state index in [1.54, 1.807) is 20.8 Å². The molecule has 122 valence electrons. The fourth-order valence-electron chi connectivity index (χ4n) is 1.63. The van der Waals surface area contributed by atoms with Gasteiger partial charge in [0, 0.05) is 6.04 Å². The van der Waals surface area contributed by atoms with Gasteiger partial charge in [0.2, 0.25) is 10.0 Å². The molecule has 0 heterocycles. The molecule has 0 aliphatic carbocycles. The summed E-state index contributed by atoms with van der Waals surface area (Å²) in [6.07, 6.45) is 0. The molecular weight excluding hydrogens is 310 g/mol. The molecular formula is C14H19NO6S. The van der Waals surface area contributed by atoms with Crippen LogP contribution < -0.4 is 4.72 Å². The quantitative estimate of drug-likeness (QED) is 0.782. The first kappa shape index (κ1) is 18.1. The summed E-state index contributed by atoms with van der Waals surface area (Å²) in [5, 5.41) is 0. The van der Waals surface area contributed by atoms with Crippen molar-refractivity contribution in [1.82, 2.24) is 4.72 Å². The molecule has 0 saturated heterocycles.